The van der Waals surface area contributed by atoms with Gasteiger partial charge in [-0.3, -0.25) is 9.59 Å². The van der Waals surface area contributed by atoms with Gasteiger partial charge in [0, 0.05) is 44.6 Å². The van der Waals surface area contributed by atoms with Crippen molar-refractivity contribution >= 4 is 11.8 Å². The number of nitrogens with zero attached hydrogens (tertiary/aromatic N) is 2. The Morgan fingerprint density at radius 2 is 1.80 bits per heavy atom. The van der Waals surface area contributed by atoms with Gasteiger partial charge in [0.05, 0.1) is 6.42 Å². The molecular formula is C18H20FN3O3. The predicted molar refractivity (Wildman–Crippen MR) is 89.6 cm³/mol. The van der Waals surface area contributed by atoms with Crippen LogP contribution in [-0.4, -0.2) is 59.4 Å². The fraction of sp³-hybridized carbons (Fsp3) is 0.333. The lowest BCUT2D eigenvalue weighted by molar-refractivity contribution is -0.140. The van der Waals surface area contributed by atoms with Crippen LogP contribution in [-0.2, 0) is 16.0 Å². The van der Waals surface area contributed by atoms with E-state index in [-0.39, 0.29) is 18.4 Å². The van der Waals surface area contributed by atoms with Crippen molar-refractivity contribution in [1.82, 2.24) is 14.8 Å². The first-order chi connectivity index (χ1) is 12.1. The number of carbonyl (C=O) groups is 2. The molecule has 1 fully saturated rings. The summed E-state index contributed by atoms with van der Waals surface area (Å²) in [4.78, 5) is 30.8. The Bertz CT molecular complexity index is 725. The molecule has 6 nitrogen and oxygen atoms in total. The number of halogens is 1. The Morgan fingerprint density at radius 3 is 2.44 bits per heavy atom. The molecule has 0 radical (unpaired) electrons. The molecular weight excluding hydrogens is 325 g/mol. The van der Waals surface area contributed by atoms with Crippen LogP contribution in [0.1, 0.15) is 5.56 Å². The Balaban J connectivity index is 1.43. The van der Waals surface area contributed by atoms with E-state index in [0.717, 1.165) is 5.56 Å². The van der Waals surface area contributed by atoms with E-state index in [0.29, 0.717) is 38.3 Å². The number of amides is 2. The molecule has 0 aliphatic carbocycles. The third-order valence-electron chi connectivity index (χ3n) is 4.16. The number of carbonyl (C=O) groups excluding carboxylic acids is 2. The zero-order chi connectivity index (χ0) is 17.6. The van der Waals surface area contributed by atoms with Crippen molar-refractivity contribution in [3.8, 4) is 5.75 Å². The summed E-state index contributed by atoms with van der Waals surface area (Å²) in [5.74, 6) is -0.183. The van der Waals surface area contributed by atoms with Crippen molar-refractivity contribution in [1.29, 1.82) is 0 Å². The molecule has 1 aliphatic heterocycles. The predicted octanol–water partition coefficient (Wildman–Crippen LogP) is 1.45. The first-order valence-corrected chi connectivity index (χ1v) is 8.17. The summed E-state index contributed by atoms with van der Waals surface area (Å²) in [6.07, 6.45) is 3.96. The normalized spacial score (nSPS) is 14.4. The second kappa shape index (κ2) is 7.83. The van der Waals surface area contributed by atoms with Crippen LogP contribution in [0.5, 0.6) is 5.75 Å². The first kappa shape index (κ1) is 17.0. The number of H-pyrrole nitrogens is 1. The van der Waals surface area contributed by atoms with Gasteiger partial charge in [0.15, 0.2) is 6.61 Å². The molecule has 1 aromatic heterocycles. The highest BCUT2D eigenvalue weighted by Crippen LogP contribution is 2.12. The van der Waals surface area contributed by atoms with Gasteiger partial charge in [-0.15, -0.1) is 0 Å². The molecule has 1 aromatic carbocycles. The quantitative estimate of drug-likeness (QED) is 0.892. The molecule has 1 aliphatic rings. The smallest absolute Gasteiger partial charge is 0.260 e. The van der Waals surface area contributed by atoms with E-state index in [9.17, 15) is 14.0 Å². The highest BCUT2D eigenvalue weighted by Gasteiger charge is 2.24. The fourth-order valence-corrected chi connectivity index (χ4v) is 2.75. The average Bonchev–Trinajstić information content (AvgIpc) is 3.13. The number of aromatic amines is 1. The molecule has 7 heteroatoms. The molecule has 1 N–H and O–H groups in total. The minimum atomic E-state index is -0.403. The van der Waals surface area contributed by atoms with E-state index >= 15 is 0 Å². The molecule has 3 rings (SSSR count). The maximum atomic E-state index is 13.1. The van der Waals surface area contributed by atoms with Crippen LogP contribution in [0.3, 0.4) is 0 Å². The number of hydrogen-bond donors (Lipinski definition) is 1. The van der Waals surface area contributed by atoms with Gasteiger partial charge in [0.1, 0.15) is 11.6 Å². The molecule has 1 saturated heterocycles. The average molecular weight is 345 g/mol. The SMILES string of the molecule is O=C(COc1cccc(F)c1)N1CCN(C(=O)Cc2cc[nH]c2)CC1. The molecule has 0 atom stereocenters. The maximum Gasteiger partial charge on any atom is 0.260 e. The number of benzene rings is 1. The topological polar surface area (TPSA) is 65.6 Å². The highest BCUT2D eigenvalue weighted by molar-refractivity contribution is 5.80. The van der Waals surface area contributed by atoms with Crippen molar-refractivity contribution in [2.24, 2.45) is 0 Å². The highest BCUT2D eigenvalue weighted by atomic mass is 19.1. The molecule has 2 heterocycles. The third kappa shape index (κ3) is 4.59. The number of aromatic nitrogens is 1. The van der Waals surface area contributed by atoms with Crippen LogP contribution in [0.25, 0.3) is 0 Å². The number of ether oxygens (including phenoxy) is 1. The van der Waals surface area contributed by atoms with Gasteiger partial charge >= 0.3 is 0 Å². The summed E-state index contributed by atoms with van der Waals surface area (Å²) in [6.45, 7) is 1.83. The first-order valence-electron chi connectivity index (χ1n) is 8.17. The Labute approximate surface area is 145 Å². The van der Waals surface area contributed by atoms with Crippen molar-refractivity contribution in [3.63, 3.8) is 0 Å². The van der Waals surface area contributed by atoms with Gasteiger partial charge in [-0.05, 0) is 23.8 Å². The van der Waals surface area contributed by atoms with Gasteiger partial charge in [-0.2, -0.15) is 0 Å². The largest absolute Gasteiger partial charge is 0.484 e. The van der Waals surface area contributed by atoms with Crippen LogP contribution in [0.4, 0.5) is 4.39 Å². The van der Waals surface area contributed by atoms with Crippen molar-refractivity contribution in [3.05, 3.63) is 54.1 Å². The summed E-state index contributed by atoms with van der Waals surface area (Å²) >= 11 is 0. The molecule has 25 heavy (non-hydrogen) atoms. The van der Waals surface area contributed by atoms with E-state index in [1.54, 1.807) is 28.3 Å². The summed E-state index contributed by atoms with van der Waals surface area (Å²) < 4.78 is 18.4. The monoisotopic (exact) mass is 345 g/mol. The zero-order valence-electron chi connectivity index (χ0n) is 13.8. The summed E-state index contributed by atoms with van der Waals surface area (Å²) in [7, 11) is 0. The van der Waals surface area contributed by atoms with Gasteiger partial charge in [-0.1, -0.05) is 6.07 Å². The van der Waals surface area contributed by atoms with E-state index < -0.39 is 5.82 Å². The molecule has 0 spiro atoms. The Morgan fingerprint density at radius 1 is 1.08 bits per heavy atom. The zero-order valence-corrected chi connectivity index (χ0v) is 13.8. The lowest BCUT2D eigenvalue weighted by atomic mass is 10.2. The van der Waals surface area contributed by atoms with E-state index in [4.69, 9.17) is 4.74 Å². The summed E-state index contributed by atoms with van der Waals surface area (Å²) in [5, 5.41) is 0. The molecule has 2 aromatic rings. The number of hydrogen-bond acceptors (Lipinski definition) is 3. The van der Waals surface area contributed by atoms with Crippen LogP contribution in [0.2, 0.25) is 0 Å². The van der Waals surface area contributed by atoms with E-state index in [1.165, 1.54) is 18.2 Å². The third-order valence-corrected chi connectivity index (χ3v) is 4.16. The molecule has 2 amide bonds. The molecule has 132 valence electrons. The van der Waals surface area contributed by atoms with Gasteiger partial charge in [0.25, 0.3) is 5.91 Å². The van der Waals surface area contributed by atoms with E-state index in [2.05, 4.69) is 4.98 Å². The number of rotatable bonds is 5. The minimum absolute atomic E-state index is 0.0581. The lowest BCUT2D eigenvalue weighted by Crippen LogP contribution is -2.52. The van der Waals surface area contributed by atoms with Crippen LogP contribution in [0.15, 0.2) is 42.7 Å². The van der Waals surface area contributed by atoms with Crippen molar-refractivity contribution < 1.29 is 18.7 Å². The van der Waals surface area contributed by atoms with Crippen LogP contribution < -0.4 is 4.74 Å². The van der Waals surface area contributed by atoms with Gasteiger partial charge in [-0.25, -0.2) is 4.39 Å². The maximum absolute atomic E-state index is 13.1. The van der Waals surface area contributed by atoms with Crippen LogP contribution >= 0.6 is 0 Å². The Kier molecular flexibility index (Phi) is 5.33. The molecule has 0 bridgehead atoms. The van der Waals surface area contributed by atoms with Gasteiger partial charge in [0.2, 0.25) is 5.91 Å². The minimum Gasteiger partial charge on any atom is -0.484 e. The lowest BCUT2D eigenvalue weighted by Gasteiger charge is -2.34. The molecule has 0 unspecified atom stereocenters. The Hall–Kier alpha value is -2.83. The number of piperazine rings is 1. The summed E-state index contributed by atoms with van der Waals surface area (Å²) in [5.41, 5.74) is 0.951. The van der Waals surface area contributed by atoms with E-state index in [1.807, 2.05) is 6.07 Å². The fourth-order valence-electron chi connectivity index (χ4n) is 2.75. The van der Waals surface area contributed by atoms with Crippen LogP contribution in [0, 0.1) is 5.82 Å². The number of nitrogens with one attached hydrogen (secondary N) is 1. The van der Waals surface area contributed by atoms with Gasteiger partial charge < -0.3 is 19.5 Å². The standard InChI is InChI=1S/C18H20FN3O3/c19-15-2-1-3-16(11-15)25-13-18(24)22-8-6-21(7-9-22)17(23)10-14-4-5-20-12-14/h1-5,11-12,20H,6-10,13H2. The van der Waals surface area contributed by atoms with Crippen molar-refractivity contribution in [2.75, 3.05) is 32.8 Å². The second-order valence-corrected chi connectivity index (χ2v) is 5.90. The molecule has 0 saturated carbocycles. The second-order valence-electron chi connectivity index (χ2n) is 5.90. The summed E-state index contributed by atoms with van der Waals surface area (Å²) in [6, 6.07) is 7.57. The van der Waals surface area contributed by atoms with Crippen molar-refractivity contribution in [2.45, 2.75) is 6.42 Å².